The van der Waals surface area contributed by atoms with Crippen molar-refractivity contribution in [2.75, 3.05) is 11.5 Å². The van der Waals surface area contributed by atoms with Gasteiger partial charge in [-0.25, -0.2) is 0 Å². The lowest BCUT2D eigenvalue weighted by Crippen LogP contribution is -1.60. The third kappa shape index (κ3) is 0.763. The van der Waals surface area contributed by atoms with Crippen molar-refractivity contribution in [2.24, 2.45) is 0 Å². The molecule has 0 spiro atoms. The maximum atomic E-state index is 2.32. The molecule has 1 aliphatic heterocycles. The number of thioether (sulfide) groups is 1. The SMILES string of the molecule is [CH+]1CCSC1. The van der Waals surface area contributed by atoms with Gasteiger partial charge in [0.25, 0.3) is 0 Å². The predicted molar refractivity (Wildman–Crippen MR) is 26.2 cm³/mol. The lowest BCUT2D eigenvalue weighted by molar-refractivity contribution is 1.17. The Bertz CT molecular complexity index is 15.2. The summed E-state index contributed by atoms with van der Waals surface area (Å²) in [6.07, 6.45) is 3.66. The van der Waals surface area contributed by atoms with Crippen molar-refractivity contribution in [3.8, 4) is 0 Å². The highest BCUT2D eigenvalue weighted by Gasteiger charge is 2.05. The van der Waals surface area contributed by atoms with Crippen LogP contribution >= 0.6 is 11.8 Å². The van der Waals surface area contributed by atoms with Crippen molar-refractivity contribution < 1.29 is 0 Å². The van der Waals surface area contributed by atoms with Crippen molar-refractivity contribution in [1.29, 1.82) is 0 Å². The zero-order valence-corrected chi connectivity index (χ0v) is 3.92. The molecule has 1 saturated heterocycles. The Labute approximate surface area is 37.0 Å². The van der Waals surface area contributed by atoms with Gasteiger partial charge in [0.2, 0.25) is 0 Å². The van der Waals surface area contributed by atoms with Crippen molar-refractivity contribution in [3.63, 3.8) is 0 Å². The van der Waals surface area contributed by atoms with Gasteiger partial charge >= 0.3 is 0 Å². The van der Waals surface area contributed by atoms with Crippen LogP contribution in [0.3, 0.4) is 0 Å². The van der Waals surface area contributed by atoms with E-state index >= 15 is 0 Å². The second-order valence-corrected chi connectivity index (χ2v) is 2.30. The van der Waals surface area contributed by atoms with Gasteiger partial charge in [-0.05, 0) is 0 Å². The average Bonchev–Trinajstić information content (AvgIpc) is 1.76. The van der Waals surface area contributed by atoms with E-state index in [0.29, 0.717) is 0 Å². The molecular weight excluding hydrogens is 80.1 g/mol. The van der Waals surface area contributed by atoms with Crippen LogP contribution in [-0.4, -0.2) is 11.5 Å². The van der Waals surface area contributed by atoms with E-state index in [-0.39, 0.29) is 0 Å². The van der Waals surface area contributed by atoms with E-state index in [9.17, 15) is 0 Å². The van der Waals surface area contributed by atoms with Crippen molar-refractivity contribution >= 4 is 11.8 Å². The molecule has 1 heterocycles. The van der Waals surface area contributed by atoms with E-state index in [0.717, 1.165) is 0 Å². The molecular formula is C4H7S+. The molecule has 0 bridgehead atoms. The molecule has 0 amide bonds. The summed E-state index contributed by atoms with van der Waals surface area (Å²) in [6.45, 7) is 0. The molecule has 0 radical (unpaired) electrons. The zero-order valence-electron chi connectivity index (χ0n) is 3.11. The average molecular weight is 87.2 g/mol. The fourth-order valence-electron chi connectivity index (χ4n) is 0.417. The van der Waals surface area contributed by atoms with Crippen LogP contribution in [0.5, 0.6) is 0 Å². The van der Waals surface area contributed by atoms with E-state index in [4.69, 9.17) is 0 Å². The Hall–Kier alpha value is 0.220. The third-order valence-electron chi connectivity index (χ3n) is 0.702. The predicted octanol–water partition coefficient (Wildman–Crippen LogP) is 1.33. The van der Waals surface area contributed by atoms with Crippen LogP contribution in [-0.2, 0) is 0 Å². The standard InChI is InChI=1S/C4H7S/c1-2-4-5-3-1/h1H,2-4H2/q+1. The summed E-state index contributed by atoms with van der Waals surface area (Å²) >= 11 is 2.02. The maximum absolute atomic E-state index is 2.32. The molecule has 28 valence electrons. The lowest BCUT2D eigenvalue weighted by Gasteiger charge is -1.62. The molecule has 0 aliphatic carbocycles. The topological polar surface area (TPSA) is 0 Å². The first-order valence-corrected chi connectivity index (χ1v) is 3.05. The van der Waals surface area contributed by atoms with Crippen molar-refractivity contribution in [2.45, 2.75) is 6.42 Å². The number of rotatable bonds is 0. The van der Waals surface area contributed by atoms with Gasteiger partial charge in [-0.15, -0.1) is 11.8 Å². The van der Waals surface area contributed by atoms with Crippen LogP contribution in [0.15, 0.2) is 0 Å². The third-order valence-corrected chi connectivity index (χ3v) is 1.70. The van der Waals surface area contributed by atoms with Crippen LogP contribution in [0.1, 0.15) is 6.42 Å². The molecule has 0 aromatic carbocycles. The highest BCUT2D eigenvalue weighted by molar-refractivity contribution is 7.99. The monoisotopic (exact) mass is 87.0 g/mol. The molecule has 1 rings (SSSR count). The molecule has 1 fully saturated rings. The molecule has 1 heteroatoms. The fourth-order valence-corrected chi connectivity index (χ4v) is 1.25. The second-order valence-electron chi connectivity index (χ2n) is 1.15. The normalized spacial score (nSPS) is 22.4. The summed E-state index contributed by atoms with van der Waals surface area (Å²) in [6, 6.07) is 0. The van der Waals surface area contributed by atoms with Crippen LogP contribution in [0, 0.1) is 6.42 Å². The highest BCUT2D eigenvalue weighted by Crippen LogP contribution is 2.13. The van der Waals surface area contributed by atoms with Crippen LogP contribution < -0.4 is 0 Å². The van der Waals surface area contributed by atoms with E-state index in [1.807, 2.05) is 11.8 Å². The molecule has 0 nitrogen and oxygen atoms in total. The summed E-state index contributed by atoms with van der Waals surface area (Å²) in [5, 5.41) is 0. The van der Waals surface area contributed by atoms with E-state index < -0.39 is 0 Å². The zero-order chi connectivity index (χ0) is 3.54. The van der Waals surface area contributed by atoms with Crippen LogP contribution in [0.25, 0.3) is 0 Å². The first-order valence-electron chi connectivity index (χ1n) is 1.89. The summed E-state index contributed by atoms with van der Waals surface area (Å²) in [4.78, 5) is 0. The first kappa shape index (κ1) is 3.41. The summed E-state index contributed by atoms with van der Waals surface area (Å²) in [5.74, 6) is 2.65. The Morgan fingerprint density at radius 2 is 2.60 bits per heavy atom. The highest BCUT2D eigenvalue weighted by atomic mass is 32.2. The van der Waals surface area contributed by atoms with E-state index in [1.165, 1.54) is 17.9 Å². The summed E-state index contributed by atoms with van der Waals surface area (Å²) < 4.78 is 0. The molecule has 0 aromatic rings. The number of hydrogen-bond donors (Lipinski definition) is 0. The quantitative estimate of drug-likeness (QED) is 0.402. The van der Waals surface area contributed by atoms with E-state index in [1.54, 1.807) is 0 Å². The second kappa shape index (κ2) is 1.61. The Morgan fingerprint density at radius 1 is 1.60 bits per heavy atom. The lowest BCUT2D eigenvalue weighted by atomic mass is 10.4. The first-order chi connectivity index (χ1) is 2.50. The van der Waals surface area contributed by atoms with Gasteiger partial charge in [-0.1, -0.05) is 0 Å². The molecule has 0 aromatic heterocycles. The van der Waals surface area contributed by atoms with Gasteiger partial charge in [0.1, 0.15) is 5.75 Å². The minimum atomic E-state index is 1.29. The molecule has 5 heavy (non-hydrogen) atoms. The van der Waals surface area contributed by atoms with Crippen molar-refractivity contribution in [3.05, 3.63) is 6.42 Å². The van der Waals surface area contributed by atoms with Crippen LogP contribution in [0.2, 0.25) is 0 Å². The molecule has 0 saturated carbocycles. The van der Waals surface area contributed by atoms with Gasteiger partial charge in [-0.2, -0.15) is 0 Å². The largest absolute Gasteiger partial charge is 0.133 e. The smallest absolute Gasteiger partial charge is 0.109 e. The molecule has 1 aliphatic rings. The van der Waals surface area contributed by atoms with Crippen molar-refractivity contribution in [1.82, 2.24) is 0 Å². The number of hydrogen-bond acceptors (Lipinski definition) is 1. The Morgan fingerprint density at radius 3 is 2.80 bits per heavy atom. The Kier molecular flexibility index (Phi) is 1.10. The van der Waals surface area contributed by atoms with Gasteiger partial charge in [0, 0.05) is 5.75 Å². The van der Waals surface area contributed by atoms with Gasteiger partial charge in [0.15, 0.2) is 0 Å². The molecule has 0 atom stereocenters. The minimum Gasteiger partial charge on any atom is -0.109 e. The summed E-state index contributed by atoms with van der Waals surface area (Å²) in [5.41, 5.74) is 0. The van der Waals surface area contributed by atoms with Gasteiger partial charge in [0.05, 0.1) is 12.8 Å². The fraction of sp³-hybridized carbons (Fsp3) is 0.750. The Balaban J connectivity index is 2.08. The molecule has 0 N–H and O–H groups in total. The minimum absolute atomic E-state index is 1.29. The molecule has 0 unspecified atom stereocenters. The summed E-state index contributed by atoms with van der Waals surface area (Å²) in [7, 11) is 0. The maximum Gasteiger partial charge on any atom is 0.133 e. The van der Waals surface area contributed by atoms with E-state index in [2.05, 4.69) is 6.42 Å². The van der Waals surface area contributed by atoms with Crippen LogP contribution in [0.4, 0.5) is 0 Å². The van der Waals surface area contributed by atoms with Gasteiger partial charge in [-0.3, -0.25) is 0 Å². The van der Waals surface area contributed by atoms with Gasteiger partial charge < -0.3 is 0 Å².